The van der Waals surface area contributed by atoms with Crippen molar-refractivity contribution in [1.29, 1.82) is 0 Å². The van der Waals surface area contributed by atoms with E-state index in [9.17, 15) is 27.1 Å². The first kappa shape index (κ1) is 37.5. The summed E-state index contributed by atoms with van der Waals surface area (Å²) in [5, 5.41) is 15.1. The van der Waals surface area contributed by atoms with E-state index in [2.05, 4.69) is 5.32 Å². The summed E-state index contributed by atoms with van der Waals surface area (Å²) in [6, 6.07) is 7.49. The summed E-state index contributed by atoms with van der Waals surface area (Å²) in [5.74, 6) is -3.36. The third kappa shape index (κ3) is 9.96. The molecule has 0 bridgehead atoms. The van der Waals surface area contributed by atoms with Crippen molar-refractivity contribution in [3.63, 3.8) is 0 Å². The molecule has 3 aliphatic rings. The van der Waals surface area contributed by atoms with Gasteiger partial charge in [0.25, 0.3) is 0 Å². The number of aliphatic hydroxyl groups is 1. The lowest BCUT2D eigenvalue weighted by Gasteiger charge is -2.35. The second-order valence-corrected chi connectivity index (χ2v) is 15.1. The van der Waals surface area contributed by atoms with Crippen LogP contribution < -0.4 is 11.1 Å². The molecule has 0 spiro atoms. The molecule has 3 aliphatic heterocycles. The van der Waals surface area contributed by atoms with E-state index >= 15 is 0 Å². The van der Waals surface area contributed by atoms with Crippen LogP contribution in [0.2, 0.25) is 0 Å². The van der Waals surface area contributed by atoms with Crippen LogP contribution in [-0.4, -0.2) is 87.8 Å². The highest BCUT2D eigenvalue weighted by atomic mass is 32.2. The van der Waals surface area contributed by atoms with Crippen LogP contribution in [0.4, 0.5) is 14.5 Å². The lowest BCUT2D eigenvalue weighted by molar-refractivity contribution is -0.196. The Hall–Kier alpha value is -2.72. The Balaban J connectivity index is 1.39. The number of fused-ring (bicyclic) bond motifs is 2. The van der Waals surface area contributed by atoms with Gasteiger partial charge in [0.15, 0.2) is 6.29 Å². The van der Waals surface area contributed by atoms with Crippen molar-refractivity contribution in [2.75, 3.05) is 45.2 Å². The third-order valence-corrected chi connectivity index (χ3v) is 11.5. The van der Waals surface area contributed by atoms with E-state index in [-0.39, 0.29) is 55.0 Å². The smallest absolute Gasteiger partial charge is 0.306 e. The van der Waals surface area contributed by atoms with Gasteiger partial charge in [0, 0.05) is 49.8 Å². The number of benzene rings is 2. The lowest BCUT2D eigenvalue weighted by Crippen LogP contribution is -2.49. The quantitative estimate of drug-likeness (QED) is 0.245. The van der Waals surface area contributed by atoms with Crippen molar-refractivity contribution in [3.8, 4) is 0 Å². The number of ether oxygens (including phenoxy) is 4. The maximum absolute atomic E-state index is 14.2. The summed E-state index contributed by atoms with van der Waals surface area (Å²) in [4.78, 5) is 13.6. The van der Waals surface area contributed by atoms with Crippen LogP contribution in [-0.2, 0) is 46.8 Å². The number of aliphatic hydroxyl groups excluding tert-OH is 1. The molecule has 0 unspecified atom stereocenters. The highest BCUT2D eigenvalue weighted by Gasteiger charge is 2.47. The fourth-order valence-electron chi connectivity index (χ4n) is 7.07. The number of carbonyl (C=O) groups excluding carboxylic acids is 1. The van der Waals surface area contributed by atoms with Crippen LogP contribution in [0.25, 0.3) is 0 Å². The largest absolute Gasteiger partial charge is 0.462 e. The molecule has 3 heterocycles. The number of nitrogens with one attached hydrogen (secondary N) is 1. The molecule has 5 rings (SSSR count). The zero-order chi connectivity index (χ0) is 35.0. The summed E-state index contributed by atoms with van der Waals surface area (Å²) in [6.45, 7) is 3.76. The summed E-state index contributed by atoms with van der Waals surface area (Å²) >= 11 is 0. The number of likely N-dealkylation sites (N-methyl/N-ethyl adjacent to an activating group) is 1. The Labute approximate surface area is 287 Å². The minimum atomic E-state index is -4.16. The van der Waals surface area contributed by atoms with E-state index in [1.165, 1.54) is 16.4 Å². The number of carbonyl (C=O) groups is 1. The number of hydrogen-bond acceptors (Lipinski definition) is 10. The highest BCUT2D eigenvalue weighted by Crippen LogP contribution is 2.34. The molecule has 0 amide bonds. The molecule has 14 heteroatoms. The van der Waals surface area contributed by atoms with Crippen molar-refractivity contribution >= 4 is 21.7 Å². The lowest BCUT2D eigenvalue weighted by atomic mass is 9.89. The molecular weight excluding hydrogens is 660 g/mol. The van der Waals surface area contributed by atoms with Crippen LogP contribution in [0, 0.1) is 23.5 Å². The standard InChI is InChI=1S/C35H49F2N3O8S/c1-2-39-29-22-47-35-34(29)31(10-13-46-35)48-33(42)18-24(14-23-15-26(36)19-27(37)16-23)30(41)20-40-11-6-4-3-5-7-12-45-21-25-17-28(38)8-9-32(25)49(40,43)44/h8-9,15-17,19,24,29-31,34-35,39,41H,2-7,10-14,18,20-22,38H2,1H3/t24-,29+,30-,31+,34+,35+/m1/s1. The molecule has 2 aromatic carbocycles. The van der Waals surface area contributed by atoms with Crippen LogP contribution in [0.5, 0.6) is 0 Å². The zero-order valence-corrected chi connectivity index (χ0v) is 28.8. The highest BCUT2D eigenvalue weighted by molar-refractivity contribution is 7.89. The van der Waals surface area contributed by atoms with Gasteiger partial charge in [-0.05, 0) is 67.3 Å². The second-order valence-electron chi connectivity index (χ2n) is 13.2. The first-order valence-electron chi connectivity index (χ1n) is 17.3. The summed E-state index contributed by atoms with van der Waals surface area (Å²) in [7, 11) is -4.16. The van der Waals surface area contributed by atoms with Gasteiger partial charge in [-0.1, -0.05) is 26.2 Å². The number of sulfonamides is 1. The Morgan fingerprint density at radius 3 is 2.61 bits per heavy atom. The molecule has 4 N–H and O–H groups in total. The van der Waals surface area contributed by atoms with Crippen LogP contribution >= 0.6 is 0 Å². The van der Waals surface area contributed by atoms with Crippen LogP contribution in [0.1, 0.15) is 63.0 Å². The van der Waals surface area contributed by atoms with Gasteiger partial charge < -0.3 is 35.1 Å². The Morgan fingerprint density at radius 1 is 1.08 bits per heavy atom. The molecular formula is C35H49F2N3O8S. The van der Waals surface area contributed by atoms with Gasteiger partial charge in [-0.2, -0.15) is 4.31 Å². The Kier molecular flexibility index (Phi) is 13.4. The molecule has 2 aromatic rings. The van der Waals surface area contributed by atoms with Crippen LogP contribution in [0.3, 0.4) is 0 Å². The number of esters is 1. The number of nitrogens with zero attached hydrogens (tertiary/aromatic N) is 1. The average Bonchev–Trinajstić information content (AvgIpc) is 3.46. The van der Waals surface area contributed by atoms with Crippen molar-refractivity contribution in [2.24, 2.45) is 11.8 Å². The number of rotatable bonds is 10. The number of hydrogen-bond donors (Lipinski definition) is 3. The first-order chi connectivity index (χ1) is 23.5. The SMILES string of the molecule is CCN[C@H]1CO[C@@H]2OCC[C@H](OC(=O)C[C@@H](Cc3cc(F)cc(F)c3)[C@H](O)CN3CCCCCCCOCc4cc(N)ccc4S3(=O)=O)[C@@H]21. The van der Waals surface area contributed by atoms with Gasteiger partial charge in [0.1, 0.15) is 17.7 Å². The maximum Gasteiger partial charge on any atom is 0.306 e. The van der Waals surface area contributed by atoms with Gasteiger partial charge in [-0.25, -0.2) is 17.2 Å². The predicted octanol–water partition coefficient (Wildman–Crippen LogP) is 3.91. The van der Waals surface area contributed by atoms with Crippen molar-refractivity contribution in [1.82, 2.24) is 9.62 Å². The number of nitrogens with two attached hydrogens (primary N) is 1. The molecule has 6 atom stereocenters. The van der Waals surface area contributed by atoms with E-state index in [1.54, 1.807) is 6.07 Å². The topological polar surface area (TPSA) is 150 Å². The molecule has 11 nitrogen and oxygen atoms in total. The van der Waals surface area contributed by atoms with E-state index in [1.807, 2.05) is 6.92 Å². The van der Waals surface area contributed by atoms with Gasteiger partial charge in [0.05, 0.1) is 43.2 Å². The summed E-state index contributed by atoms with van der Waals surface area (Å²) in [6.07, 6.45) is 1.66. The fraction of sp³-hybridized carbons (Fsp3) is 0.629. The molecule has 49 heavy (non-hydrogen) atoms. The molecule has 0 aliphatic carbocycles. The summed E-state index contributed by atoms with van der Waals surface area (Å²) < 4.78 is 81.5. The molecule has 272 valence electrons. The number of anilines is 1. The van der Waals surface area contributed by atoms with Crippen molar-refractivity contribution < 1.29 is 46.0 Å². The number of β-amino-alcohol motifs (C(OH)–C–C–N with tert-alkyl or cyclic N) is 1. The third-order valence-electron chi connectivity index (χ3n) is 9.52. The molecule has 0 radical (unpaired) electrons. The van der Waals surface area contributed by atoms with E-state index in [4.69, 9.17) is 24.7 Å². The minimum Gasteiger partial charge on any atom is -0.462 e. The maximum atomic E-state index is 14.2. The average molecular weight is 710 g/mol. The minimum absolute atomic E-state index is 0.0272. The predicted molar refractivity (Wildman–Crippen MR) is 178 cm³/mol. The monoisotopic (exact) mass is 709 g/mol. The zero-order valence-electron chi connectivity index (χ0n) is 28.0. The van der Waals surface area contributed by atoms with Gasteiger partial charge in [-0.3, -0.25) is 4.79 Å². The van der Waals surface area contributed by atoms with Gasteiger partial charge in [-0.15, -0.1) is 0 Å². The van der Waals surface area contributed by atoms with Crippen LogP contribution in [0.15, 0.2) is 41.3 Å². The van der Waals surface area contributed by atoms with E-state index < -0.39 is 52.0 Å². The molecule has 2 saturated heterocycles. The second kappa shape index (κ2) is 17.5. The number of nitrogen functional groups attached to an aromatic ring is 1. The summed E-state index contributed by atoms with van der Waals surface area (Å²) in [5.41, 5.74) is 7.04. The molecule has 0 saturated carbocycles. The van der Waals surface area contributed by atoms with Gasteiger partial charge in [0.2, 0.25) is 10.0 Å². The van der Waals surface area contributed by atoms with Crippen molar-refractivity contribution in [2.45, 2.75) is 94.3 Å². The Morgan fingerprint density at radius 2 is 1.84 bits per heavy atom. The normalized spacial score (nSPS) is 26.3. The van der Waals surface area contributed by atoms with Gasteiger partial charge >= 0.3 is 5.97 Å². The Bertz CT molecular complexity index is 1500. The van der Waals surface area contributed by atoms with E-state index in [0.29, 0.717) is 50.5 Å². The molecule has 0 aromatic heterocycles. The van der Waals surface area contributed by atoms with E-state index in [0.717, 1.165) is 43.9 Å². The first-order valence-corrected chi connectivity index (χ1v) is 18.7. The molecule has 2 fully saturated rings. The number of halogens is 2. The van der Waals surface area contributed by atoms with Crippen molar-refractivity contribution in [3.05, 3.63) is 59.2 Å². The fourth-order valence-corrected chi connectivity index (χ4v) is 8.76.